The van der Waals surface area contributed by atoms with Crippen LogP contribution in [0.3, 0.4) is 0 Å². The topological polar surface area (TPSA) is 118 Å². The van der Waals surface area contributed by atoms with E-state index in [1.54, 1.807) is 35.2 Å². The molecule has 1 aromatic heterocycles. The Morgan fingerprint density at radius 3 is 2.22 bits per heavy atom. The van der Waals surface area contributed by atoms with Crippen LogP contribution in [0.15, 0.2) is 77.4 Å². The molecule has 3 rings (SSSR count). The lowest BCUT2D eigenvalue weighted by molar-refractivity contribution is -0.149. The molecule has 9 heteroatoms. The molecule has 3 aromatic rings. The van der Waals surface area contributed by atoms with Crippen LogP contribution in [0.2, 0.25) is 0 Å². The Kier molecular flexibility index (Phi) is 9.39. The van der Waals surface area contributed by atoms with Gasteiger partial charge in [0.1, 0.15) is 6.04 Å². The largest absolute Gasteiger partial charge is 0.459 e. The summed E-state index contributed by atoms with van der Waals surface area (Å²) in [6.45, 7) is 4.48. The van der Waals surface area contributed by atoms with Gasteiger partial charge in [-0.1, -0.05) is 30.3 Å². The summed E-state index contributed by atoms with van der Waals surface area (Å²) in [4.78, 5) is 51.7. The van der Waals surface area contributed by atoms with E-state index < -0.39 is 30.4 Å². The molecular formula is C27H29N3O6. The minimum atomic E-state index is -1.02. The highest BCUT2D eigenvalue weighted by Crippen LogP contribution is 2.12. The average molecular weight is 492 g/mol. The normalized spacial score (nSPS) is 11.3. The maximum absolute atomic E-state index is 12.8. The molecule has 9 nitrogen and oxygen atoms in total. The van der Waals surface area contributed by atoms with E-state index in [2.05, 4.69) is 10.6 Å². The third-order valence-electron chi connectivity index (χ3n) is 5.43. The third-order valence-corrected chi connectivity index (χ3v) is 5.43. The lowest BCUT2D eigenvalue weighted by atomic mass is 10.1. The summed E-state index contributed by atoms with van der Waals surface area (Å²) >= 11 is 0. The molecular weight excluding hydrogens is 462 g/mol. The van der Waals surface area contributed by atoms with Gasteiger partial charge >= 0.3 is 5.97 Å². The first-order chi connectivity index (χ1) is 17.4. The lowest BCUT2D eigenvalue weighted by Gasteiger charge is -2.18. The van der Waals surface area contributed by atoms with Crippen LogP contribution in [0.25, 0.3) is 0 Å². The number of amides is 3. The number of nitrogens with zero attached hydrogens (tertiary/aromatic N) is 1. The van der Waals surface area contributed by atoms with Crippen LogP contribution in [-0.2, 0) is 20.7 Å². The quantitative estimate of drug-likeness (QED) is 0.398. The predicted octanol–water partition coefficient (Wildman–Crippen LogP) is 3.28. The molecule has 3 amide bonds. The van der Waals surface area contributed by atoms with Gasteiger partial charge in [0.2, 0.25) is 0 Å². The number of hydrogen-bond donors (Lipinski definition) is 2. The van der Waals surface area contributed by atoms with Gasteiger partial charge in [-0.25, -0.2) is 4.79 Å². The lowest BCUT2D eigenvalue weighted by Crippen LogP contribution is -2.44. The van der Waals surface area contributed by atoms with Crippen molar-refractivity contribution in [2.24, 2.45) is 0 Å². The van der Waals surface area contributed by atoms with E-state index in [1.807, 2.05) is 44.2 Å². The van der Waals surface area contributed by atoms with Crippen molar-refractivity contribution >= 4 is 29.4 Å². The molecule has 2 N–H and O–H groups in total. The predicted molar refractivity (Wildman–Crippen MR) is 133 cm³/mol. The highest BCUT2D eigenvalue weighted by Gasteiger charge is 2.25. The number of ether oxygens (including phenoxy) is 1. The molecule has 0 aliphatic carbocycles. The Bertz CT molecular complexity index is 1160. The number of carbonyl (C=O) groups excluding carboxylic acids is 4. The van der Waals surface area contributed by atoms with Crippen LogP contribution in [0.1, 0.15) is 40.3 Å². The molecule has 36 heavy (non-hydrogen) atoms. The molecule has 0 saturated heterocycles. The zero-order chi connectivity index (χ0) is 25.9. The smallest absolute Gasteiger partial charge is 0.329 e. The van der Waals surface area contributed by atoms with Gasteiger partial charge in [0, 0.05) is 30.8 Å². The van der Waals surface area contributed by atoms with Crippen LogP contribution in [0, 0.1) is 0 Å². The fourth-order valence-electron chi connectivity index (χ4n) is 3.50. The van der Waals surface area contributed by atoms with E-state index in [0.29, 0.717) is 24.3 Å². The maximum Gasteiger partial charge on any atom is 0.329 e. The molecule has 0 aliphatic heterocycles. The van der Waals surface area contributed by atoms with Crippen molar-refractivity contribution < 1.29 is 28.3 Å². The second-order valence-corrected chi connectivity index (χ2v) is 7.90. The first-order valence-electron chi connectivity index (χ1n) is 11.6. The van der Waals surface area contributed by atoms with Crippen LogP contribution in [-0.4, -0.2) is 54.3 Å². The Morgan fingerprint density at radius 1 is 0.917 bits per heavy atom. The third kappa shape index (κ3) is 7.30. The Balaban J connectivity index is 1.57. The van der Waals surface area contributed by atoms with Gasteiger partial charge < -0.3 is 24.7 Å². The van der Waals surface area contributed by atoms with E-state index in [-0.39, 0.29) is 18.1 Å². The van der Waals surface area contributed by atoms with E-state index >= 15 is 0 Å². The van der Waals surface area contributed by atoms with Crippen LogP contribution in [0.4, 0.5) is 5.69 Å². The number of nitrogens with one attached hydrogen (secondary N) is 2. The Morgan fingerprint density at radius 2 is 1.61 bits per heavy atom. The van der Waals surface area contributed by atoms with Gasteiger partial charge in [-0.2, -0.15) is 0 Å². The summed E-state index contributed by atoms with van der Waals surface area (Å²) in [5, 5.41) is 5.23. The highest BCUT2D eigenvalue weighted by atomic mass is 16.5. The minimum absolute atomic E-state index is 0.0570. The van der Waals surface area contributed by atoms with E-state index in [4.69, 9.17) is 9.15 Å². The zero-order valence-corrected chi connectivity index (χ0v) is 20.2. The molecule has 1 atom stereocenters. The van der Waals surface area contributed by atoms with Crippen molar-refractivity contribution in [3.8, 4) is 0 Å². The monoisotopic (exact) mass is 491 g/mol. The van der Waals surface area contributed by atoms with Crippen molar-refractivity contribution in [3.05, 3.63) is 89.9 Å². The number of esters is 1. The molecule has 1 heterocycles. The Labute approximate surface area is 209 Å². The van der Waals surface area contributed by atoms with Gasteiger partial charge in [-0.3, -0.25) is 14.4 Å². The van der Waals surface area contributed by atoms with Crippen molar-refractivity contribution in [2.75, 3.05) is 25.0 Å². The number of rotatable bonds is 11. The van der Waals surface area contributed by atoms with Gasteiger partial charge in [0.15, 0.2) is 12.4 Å². The Hall–Kier alpha value is -4.40. The number of furan rings is 1. The van der Waals surface area contributed by atoms with Crippen LogP contribution in [0.5, 0.6) is 0 Å². The van der Waals surface area contributed by atoms with Gasteiger partial charge in [-0.05, 0) is 55.8 Å². The van der Waals surface area contributed by atoms with Crippen molar-refractivity contribution in [2.45, 2.75) is 26.3 Å². The van der Waals surface area contributed by atoms with Gasteiger partial charge in [0.25, 0.3) is 17.7 Å². The van der Waals surface area contributed by atoms with Crippen molar-refractivity contribution in [3.63, 3.8) is 0 Å². The molecule has 188 valence electrons. The number of carbonyl (C=O) groups is 4. The second kappa shape index (κ2) is 12.9. The SMILES string of the molecule is CCN(CC)C(=O)c1ccc(NC(=O)COC(=O)[C@H](Cc2ccccc2)NC(=O)c2ccco2)cc1. The number of benzene rings is 2. The van der Waals surface area contributed by atoms with Crippen molar-refractivity contribution in [1.29, 1.82) is 0 Å². The summed E-state index contributed by atoms with van der Waals surface area (Å²) in [6, 6.07) is 17.6. The standard InChI is InChI=1S/C27H29N3O6/c1-3-30(4-2)26(33)20-12-14-21(15-13-20)28-24(31)18-36-27(34)22(17-19-9-6-5-7-10-19)29-25(32)23-11-8-16-35-23/h5-16,22H,3-4,17-18H2,1-2H3,(H,28,31)(H,29,32)/t22-/m0/s1. The fraction of sp³-hybridized carbons (Fsp3) is 0.259. The summed E-state index contributed by atoms with van der Waals surface area (Å²) in [6.07, 6.45) is 1.53. The summed E-state index contributed by atoms with van der Waals surface area (Å²) < 4.78 is 10.3. The maximum atomic E-state index is 12.8. The minimum Gasteiger partial charge on any atom is -0.459 e. The van der Waals surface area contributed by atoms with E-state index in [1.165, 1.54) is 12.3 Å². The second-order valence-electron chi connectivity index (χ2n) is 7.90. The van der Waals surface area contributed by atoms with Crippen LogP contribution < -0.4 is 10.6 Å². The zero-order valence-electron chi connectivity index (χ0n) is 20.2. The summed E-state index contributed by atoms with van der Waals surface area (Å²) in [5.41, 5.74) is 1.78. The van der Waals surface area contributed by atoms with E-state index in [9.17, 15) is 19.2 Å². The molecule has 0 spiro atoms. The molecule has 0 fully saturated rings. The average Bonchev–Trinajstić information content (AvgIpc) is 3.44. The van der Waals surface area contributed by atoms with E-state index in [0.717, 1.165) is 5.56 Å². The molecule has 0 radical (unpaired) electrons. The van der Waals surface area contributed by atoms with Crippen molar-refractivity contribution in [1.82, 2.24) is 10.2 Å². The van der Waals surface area contributed by atoms with Gasteiger partial charge in [-0.15, -0.1) is 0 Å². The highest BCUT2D eigenvalue weighted by molar-refractivity contribution is 5.97. The summed E-state index contributed by atoms with van der Waals surface area (Å²) in [5.74, 6) is -1.91. The molecule has 0 bridgehead atoms. The number of anilines is 1. The first kappa shape index (κ1) is 26.2. The molecule has 0 saturated carbocycles. The molecule has 2 aromatic carbocycles. The van der Waals surface area contributed by atoms with Crippen LogP contribution >= 0.6 is 0 Å². The number of hydrogen-bond acceptors (Lipinski definition) is 6. The molecule has 0 aliphatic rings. The molecule has 0 unspecified atom stereocenters. The van der Waals surface area contributed by atoms with Gasteiger partial charge in [0.05, 0.1) is 6.26 Å². The summed E-state index contributed by atoms with van der Waals surface area (Å²) in [7, 11) is 0. The fourth-order valence-corrected chi connectivity index (χ4v) is 3.50. The first-order valence-corrected chi connectivity index (χ1v) is 11.6.